The van der Waals surface area contributed by atoms with Crippen LogP contribution in [0.5, 0.6) is 0 Å². The molecule has 3 rings (SSSR count). The molecule has 3 aliphatic heterocycles. The lowest BCUT2D eigenvalue weighted by Gasteiger charge is -2.39. The Labute approximate surface area is 149 Å². The van der Waals surface area contributed by atoms with Crippen LogP contribution >= 0.6 is 0 Å². The standard InChI is InChI=1S/C18H30N4O3/c1-4-20-10-7-18(8-11-20)16(24)22(17(25)19-18)14-6-5-9-21(12-14)15(23)13(2)3/h13-14H,4-12H2,1-3H3,(H,19,25)/t14-/m1/s1. The summed E-state index contributed by atoms with van der Waals surface area (Å²) in [4.78, 5) is 43.5. The van der Waals surface area contributed by atoms with Gasteiger partial charge in [0.15, 0.2) is 0 Å². The fraction of sp³-hybridized carbons (Fsp3) is 0.833. The Morgan fingerprint density at radius 2 is 1.92 bits per heavy atom. The van der Waals surface area contributed by atoms with Crippen LogP contribution in [0.1, 0.15) is 46.5 Å². The highest BCUT2D eigenvalue weighted by Crippen LogP contribution is 2.32. The molecule has 0 aromatic carbocycles. The highest BCUT2D eigenvalue weighted by molar-refractivity contribution is 6.07. The Morgan fingerprint density at radius 3 is 2.52 bits per heavy atom. The first-order valence-electron chi connectivity index (χ1n) is 9.55. The molecule has 1 N–H and O–H groups in total. The number of imide groups is 1. The van der Waals surface area contributed by atoms with E-state index in [1.165, 1.54) is 4.90 Å². The van der Waals surface area contributed by atoms with Gasteiger partial charge < -0.3 is 15.1 Å². The molecule has 0 saturated carbocycles. The molecule has 3 aliphatic rings. The summed E-state index contributed by atoms with van der Waals surface area (Å²) in [5.74, 6) is -0.0496. The minimum atomic E-state index is -0.729. The smallest absolute Gasteiger partial charge is 0.325 e. The van der Waals surface area contributed by atoms with Crippen molar-refractivity contribution in [3.8, 4) is 0 Å². The van der Waals surface area contributed by atoms with E-state index in [0.717, 1.165) is 32.5 Å². The van der Waals surface area contributed by atoms with Gasteiger partial charge >= 0.3 is 6.03 Å². The molecule has 7 heteroatoms. The van der Waals surface area contributed by atoms with E-state index >= 15 is 0 Å². The van der Waals surface area contributed by atoms with Gasteiger partial charge in [-0.3, -0.25) is 14.5 Å². The van der Waals surface area contributed by atoms with Gasteiger partial charge in [-0.1, -0.05) is 20.8 Å². The van der Waals surface area contributed by atoms with Crippen molar-refractivity contribution in [3.05, 3.63) is 0 Å². The number of piperidine rings is 2. The zero-order valence-corrected chi connectivity index (χ0v) is 15.6. The maximum atomic E-state index is 13.1. The van der Waals surface area contributed by atoms with Crippen molar-refractivity contribution in [1.82, 2.24) is 20.0 Å². The number of likely N-dealkylation sites (tertiary alicyclic amines) is 2. The lowest BCUT2D eigenvalue weighted by Crippen LogP contribution is -2.56. The normalized spacial score (nSPS) is 27.3. The third-order valence-electron chi connectivity index (χ3n) is 5.92. The Balaban J connectivity index is 1.71. The van der Waals surface area contributed by atoms with Crippen LogP contribution in [0.3, 0.4) is 0 Å². The van der Waals surface area contributed by atoms with Crippen LogP contribution in [0.25, 0.3) is 0 Å². The second-order valence-corrected chi connectivity index (χ2v) is 7.86. The Morgan fingerprint density at radius 1 is 1.24 bits per heavy atom. The largest absolute Gasteiger partial charge is 0.340 e. The molecule has 0 aliphatic carbocycles. The van der Waals surface area contributed by atoms with E-state index in [9.17, 15) is 14.4 Å². The fourth-order valence-electron chi connectivity index (χ4n) is 4.29. The van der Waals surface area contributed by atoms with Crippen molar-refractivity contribution in [1.29, 1.82) is 0 Å². The number of nitrogens with one attached hydrogen (secondary N) is 1. The average molecular weight is 350 g/mol. The number of carbonyl (C=O) groups is 3. The van der Waals surface area contributed by atoms with Gasteiger partial charge in [-0.2, -0.15) is 0 Å². The summed E-state index contributed by atoms with van der Waals surface area (Å²) in [6.45, 7) is 9.70. The lowest BCUT2D eigenvalue weighted by atomic mass is 9.87. The zero-order valence-electron chi connectivity index (χ0n) is 15.6. The van der Waals surface area contributed by atoms with E-state index in [0.29, 0.717) is 25.9 Å². The predicted molar refractivity (Wildman–Crippen MR) is 93.9 cm³/mol. The maximum absolute atomic E-state index is 13.1. The Hall–Kier alpha value is -1.63. The molecule has 3 fully saturated rings. The molecule has 0 unspecified atom stereocenters. The van der Waals surface area contributed by atoms with Crippen molar-refractivity contribution in [2.45, 2.75) is 58.0 Å². The molecular formula is C18H30N4O3. The van der Waals surface area contributed by atoms with Crippen LogP contribution in [0, 0.1) is 5.92 Å². The van der Waals surface area contributed by atoms with Gasteiger partial charge in [0.1, 0.15) is 5.54 Å². The van der Waals surface area contributed by atoms with Gasteiger partial charge in [0.25, 0.3) is 5.91 Å². The first-order chi connectivity index (χ1) is 11.9. The van der Waals surface area contributed by atoms with E-state index < -0.39 is 5.54 Å². The summed E-state index contributed by atoms with van der Waals surface area (Å²) in [5.41, 5.74) is -0.729. The maximum Gasteiger partial charge on any atom is 0.325 e. The molecule has 3 saturated heterocycles. The summed E-state index contributed by atoms with van der Waals surface area (Å²) in [5, 5.41) is 2.99. The van der Waals surface area contributed by atoms with Crippen LogP contribution in [0.15, 0.2) is 0 Å². The molecule has 7 nitrogen and oxygen atoms in total. The van der Waals surface area contributed by atoms with Crippen molar-refractivity contribution < 1.29 is 14.4 Å². The van der Waals surface area contributed by atoms with Gasteiger partial charge in [-0.05, 0) is 32.2 Å². The fourth-order valence-corrected chi connectivity index (χ4v) is 4.29. The highest BCUT2D eigenvalue weighted by atomic mass is 16.2. The Bertz CT molecular complexity index is 555. The van der Waals surface area contributed by atoms with Gasteiger partial charge in [-0.15, -0.1) is 0 Å². The molecule has 1 atom stereocenters. The minimum Gasteiger partial charge on any atom is -0.340 e. The molecule has 140 valence electrons. The van der Waals surface area contributed by atoms with Crippen molar-refractivity contribution in [2.24, 2.45) is 5.92 Å². The van der Waals surface area contributed by atoms with Crippen LogP contribution < -0.4 is 5.32 Å². The van der Waals surface area contributed by atoms with E-state index in [1.807, 2.05) is 18.7 Å². The quantitative estimate of drug-likeness (QED) is 0.772. The Kier molecular flexibility index (Phi) is 5.04. The molecule has 0 radical (unpaired) electrons. The summed E-state index contributed by atoms with van der Waals surface area (Å²) < 4.78 is 0. The first-order valence-corrected chi connectivity index (χ1v) is 9.55. The van der Waals surface area contributed by atoms with E-state index in [4.69, 9.17) is 0 Å². The predicted octanol–water partition coefficient (Wildman–Crippen LogP) is 1.04. The number of carbonyl (C=O) groups excluding carboxylic acids is 3. The molecule has 0 bridgehead atoms. The second kappa shape index (κ2) is 6.94. The van der Waals surface area contributed by atoms with Crippen molar-refractivity contribution in [3.63, 3.8) is 0 Å². The number of nitrogens with zero attached hydrogens (tertiary/aromatic N) is 3. The molecule has 1 spiro atoms. The second-order valence-electron chi connectivity index (χ2n) is 7.86. The van der Waals surface area contributed by atoms with Crippen LogP contribution in [-0.4, -0.2) is 76.8 Å². The lowest BCUT2D eigenvalue weighted by molar-refractivity contribution is -0.140. The zero-order chi connectivity index (χ0) is 18.2. The topological polar surface area (TPSA) is 73.0 Å². The SMILES string of the molecule is CCN1CCC2(CC1)NC(=O)N([C@@H]1CCCN(C(=O)C(C)C)C1)C2=O. The third kappa shape index (κ3) is 3.26. The number of urea groups is 1. The number of hydrogen-bond donors (Lipinski definition) is 1. The van der Waals surface area contributed by atoms with E-state index in [-0.39, 0.29) is 29.8 Å². The van der Waals surface area contributed by atoms with Gasteiger partial charge in [0, 0.05) is 32.1 Å². The molecule has 0 aromatic heterocycles. The molecule has 3 heterocycles. The summed E-state index contributed by atoms with van der Waals surface area (Å²) in [7, 11) is 0. The summed E-state index contributed by atoms with van der Waals surface area (Å²) in [6, 6.07) is -0.480. The average Bonchev–Trinajstić information content (AvgIpc) is 2.85. The minimum absolute atomic E-state index is 0.0634. The molecular weight excluding hydrogens is 320 g/mol. The van der Waals surface area contributed by atoms with Gasteiger partial charge in [0.05, 0.1) is 6.04 Å². The van der Waals surface area contributed by atoms with Crippen LogP contribution in [0.4, 0.5) is 4.79 Å². The molecule has 25 heavy (non-hydrogen) atoms. The van der Waals surface area contributed by atoms with E-state index in [2.05, 4.69) is 17.1 Å². The van der Waals surface area contributed by atoms with Crippen LogP contribution in [0.2, 0.25) is 0 Å². The van der Waals surface area contributed by atoms with Crippen molar-refractivity contribution >= 4 is 17.8 Å². The summed E-state index contributed by atoms with van der Waals surface area (Å²) >= 11 is 0. The van der Waals surface area contributed by atoms with Crippen LogP contribution in [-0.2, 0) is 9.59 Å². The van der Waals surface area contributed by atoms with Crippen molar-refractivity contribution in [2.75, 3.05) is 32.7 Å². The van der Waals surface area contributed by atoms with E-state index in [1.54, 1.807) is 0 Å². The molecule has 4 amide bonds. The third-order valence-corrected chi connectivity index (χ3v) is 5.92. The highest BCUT2D eigenvalue weighted by Gasteiger charge is 2.54. The first kappa shape index (κ1) is 18.2. The summed E-state index contributed by atoms with van der Waals surface area (Å²) in [6.07, 6.45) is 2.95. The monoisotopic (exact) mass is 350 g/mol. The van der Waals surface area contributed by atoms with Gasteiger partial charge in [-0.25, -0.2) is 4.79 Å². The number of hydrogen-bond acceptors (Lipinski definition) is 4. The van der Waals surface area contributed by atoms with Gasteiger partial charge in [0.2, 0.25) is 5.91 Å². The molecule has 0 aromatic rings. The number of amides is 4. The number of rotatable bonds is 3.